The summed E-state index contributed by atoms with van der Waals surface area (Å²) in [4.78, 5) is 11.7. The summed E-state index contributed by atoms with van der Waals surface area (Å²) in [6.07, 6.45) is 9.99. The van der Waals surface area contributed by atoms with Gasteiger partial charge in [-0.25, -0.2) is 4.79 Å². The third kappa shape index (κ3) is 5.48. The predicted octanol–water partition coefficient (Wildman–Crippen LogP) is 5.38. The topological polar surface area (TPSA) is 62.5 Å². The molecule has 2 rings (SSSR count). The molecule has 0 bridgehead atoms. The maximum atomic E-state index is 12.6. The third-order valence-corrected chi connectivity index (χ3v) is 4.12. The lowest BCUT2D eigenvalue weighted by Crippen LogP contribution is -2.31. The zero-order chi connectivity index (χ0) is 18.8. The van der Waals surface area contributed by atoms with Crippen LogP contribution in [0.5, 0.6) is 5.75 Å². The minimum Gasteiger partial charge on any atom is -0.618 e. The fourth-order valence-corrected chi connectivity index (χ4v) is 2.78. The maximum absolute atomic E-state index is 12.6. The van der Waals surface area contributed by atoms with Crippen molar-refractivity contribution in [1.82, 2.24) is 0 Å². The van der Waals surface area contributed by atoms with Gasteiger partial charge in [-0.2, -0.15) is 4.73 Å². The quantitative estimate of drug-likeness (QED) is 0.261. The molecule has 26 heavy (non-hydrogen) atoms. The zero-order valence-electron chi connectivity index (χ0n) is 15.6. The number of rotatable bonds is 9. The number of aromatic nitrogens is 1. The van der Waals surface area contributed by atoms with Crippen molar-refractivity contribution in [2.75, 3.05) is 6.61 Å². The number of hydrogen-bond donors (Lipinski definition) is 0. The number of hydrogen-bond acceptors (Lipinski definition) is 4. The van der Waals surface area contributed by atoms with Gasteiger partial charge in [0.15, 0.2) is 5.75 Å². The molecule has 1 aromatic carbocycles. The van der Waals surface area contributed by atoms with Crippen LogP contribution in [0.15, 0.2) is 36.4 Å². The Balaban J connectivity index is 2.18. The first-order valence-corrected chi connectivity index (χ1v) is 9.33. The van der Waals surface area contributed by atoms with Crippen molar-refractivity contribution in [2.24, 2.45) is 0 Å². The summed E-state index contributed by atoms with van der Waals surface area (Å²) in [5.41, 5.74) is 0.897. The van der Waals surface area contributed by atoms with Gasteiger partial charge in [-0.3, -0.25) is 0 Å². The van der Waals surface area contributed by atoms with Gasteiger partial charge in [-0.15, -0.1) is 0 Å². The largest absolute Gasteiger partial charge is 0.618 e. The molecular weight excluding hydrogens is 330 g/mol. The highest BCUT2D eigenvalue weighted by Gasteiger charge is 2.17. The molecule has 1 aromatic heterocycles. The van der Waals surface area contributed by atoms with Crippen molar-refractivity contribution in [3.05, 3.63) is 47.3 Å². The van der Waals surface area contributed by atoms with Gasteiger partial charge in [0.05, 0.1) is 18.1 Å². The van der Waals surface area contributed by atoms with Crippen molar-refractivity contribution in [1.29, 1.82) is 0 Å². The summed E-state index contributed by atoms with van der Waals surface area (Å²) < 4.78 is 11.0. The molecule has 0 aliphatic rings. The van der Waals surface area contributed by atoms with Crippen LogP contribution in [-0.2, 0) is 4.74 Å². The standard InChI is InChI=1S/C21H27NO4/c1-3-5-6-7-8-9-10-13-17-16-20(26-21(23)25-4-2)18-14-11-12-15-19(18)22(17)24/h10-16H,3-9H2,1-2H3. The molecule has 0 saturated carbocycles. The fraction of sp³-hybridized carbons (Fsp3) is 0.429. The smallest absolute Gasteiger partial charge is 0.513 e. The molecule has 5 nitrogen and oxygen atoms in total. The van der Waals surface area contributed by atoms with Crippen LogP contribution in [0, 0.1) is 5.21 Å². The fourth-order valence-electron chi connectivity index (χ4n) is 2.78. The molecule has 0 aliphatic heterocycles. The Morgan fingerprint density at radius 2 is 1.92 bits per heavy atom. The monoisotopic (exact) mass is 357 g/mol. The minimum atomic E-state index is -0.771. The molecule has 1 heterocycles. The number of fused-ring (bicyclic) bond motifs is 1. The lowest BCUT2D eigenvalue weighted by atomic mass is 10.1. The molecule has 140 valence electrons. The van der Waals surface area contributed by atoms with Gasteiger partial charge in [-0.1, -0.05) is 50.8 Å². The lowest BCUT2D eigenvalue weighted by molar-refractivity contribution is -0.579. The van der Waals surface area contributed by atoms with E-state index >= 15 is 0 Å². The lowest BCUT2D eigenvalue weighted by Gasteiger charge is -2.10. The SMILES string of the molecule is CCCCCCCC=Cc1cc(OC(=O)OCC)c2ccccc2[n+]1[O-]. The minimum absolute atomic E-state index is 0.232. The molecule has 2 aromatic rings. The van der Waals surface area contributed by atoms with Crippen LogP contribution in [0.2, 0.25) is 0 Å². The molecule has 5 heteroatoms. The maximum Gasteiger partial charge on any atom is 0.513 e. The van der Waals surface area contributed by atoms with Gasteiger partial charge >= 0.3 is 6.16 Å². The number of benzene rings is 1. The number of allylic oxidation sites excluding steroid dienone is 1. The number of carbonyl (C=O) groups is 1. The first-order chi connectivity index (χ1) is 12.7. The first-order valence-electron chi connectivity index (χ1n) is 9.33. The van der Waals surface area contributed by atoms with Gasteiger partial charge < -0.3 is 14.7 Å². The number of pyridine rings is 1. The van der Waals surface area contributed by atoms with Crippen LogP contribution in [-0.4, -0.2) is 12.8 Å². The van der Waals surface area contributed by atoms with E-state index in [1.54, 1.807) is 43.3 Å². The Hall–Kier alpha value is -2.56. The molecule has 0 N–H and O–H groups in total. The van der Waals surface area contributed by atoms with E-state index < -0.39 is 6.16 Å². The van der Waals surface area contributed by atoms with Crippen molar-refractivity contribution in [3.8, 4) is 5.75 Å². The number of nitrogens with zero attached hydrogens (tertiary/aromatic N) is 1. The van der Waals surface area contributed by atoms with Crippen LogP contribution in [0.25, 0.3) is 17.0 Å². The summed E-state index contributed by atoms with van der Waals surface area (Å²) in [6, 6.07) is 8.63. The third-order valence-electron chi connectivity index (χ3n) is 4.12. The van der Waals surface area contributed by atoms with E-state index in [9.17, 15) is 10.0 Å². The van der Waals surface area contributed by atoms with Crippen LogP contribution in [0.4, 0.5) is 4.79 Å². The van der Waals surface area contributed by atoms with Crippen LogP contribution >= 0.6 is 0 Å². The number of ether oxygens (including phenoxy) is 2. The molecule has 0 unspecified atom stereocenters. The molecule has 0 saturated heterocycles. The van der Waals surface area contributed by atoms with E-state index in [1.807, 2.05) is 6.08 Å². The van der Waals surface area contributed by atoms with Crippen LogP contribution in [0.3, 0.4) is 0 Å². The predicted molar refractivity (Wildman–Crippen MR) is 103 cm³/mol. The highest BCUT2D eigenvalue weighted by Crippen LogP contribution is 2.25. The van der Waals surface area contributed by atoms with E-state index in [2.05, 4.69) is 6.92 Å². The summed E-state index contributed by atoms with van der Waals surface area (Å²) in [6.45, 7) is 4.14. The number of unbranched alkanes of at least 4 members (excludes halogenated alkanes) is 5. The molecule has 0 fully saturated rings. The van der Waals surface area contributed by atoms with Gasteiger partial charge in [-0.05, 0) is 25.8 Å². The zero-order valence-corrected chi connectivity index (χ0v) is 15.6. The molecule has 0 amide bonds. The van der Waals surface area contributed by atoms with Crippen molar-refractivity contribution in [3.63, 3.8) is 0 Å². The Morgan fingerprint density at radius 1 is 1.15 bits per heavy atom. The Morgan fingerprint density at radius 3 is 2.69 bits per heavy atom. The summed E-state index contributed by atoms with van der Waals surface area (Å²) >= 11 is 0. The number of carbonyl (C=O) groups excluding carboxylic acids is 1. The van der Waals surface area contributed by atoms with E-state index in [0.29, 0.717) is 22.3 Å². The highest BCUT2D eigenvalue weighted by atomic mass is 16.7. The average molecular weight is 357 g/mol. The average Bonchev–Trinajstić information content (AvgIpc) is 2.64. The number of para-hydroxylation sites is 1. The molecule has 0 aliphatic carbocycles. The van der Waals surface area contributed by atoms with Crippen LogP contribution in [0.1, 0.15) is 58.1 Å². The van der Waals surface area contributed by atoms with E-state index in [4.69, 9.17) is 9.47 Å². The Labute approximate surface area is 154 Å². The van der Waals surface area contributed by atoms with Crippen molar-refractivity contribution >= 4 is 23.1 Å². The van der Waals surface area contributed by atoms with E-state index in [1.165, 1.54) is 25.7 Å². The molecular formula is C21H27NO4. The molecule has 0 radical (unpaired) electrons. The molecule has 0 spiro atoms. The van der Waals surface area contributed by atoms with Gasteiger partial charge in [0, 0.05) is 12.1 Å². The normalized spacial score (nSPS) is 11.2. The summed E-state index contributed by atoms with van der Waals surface area (Å²) in [5, 5.41) is 13.2. The summed E-state index contributed by atoms with van der Waals surface area (Å²) in [7, 11) is 0. The van der Waals surface area contributed by atoms with E-state index in [-0.39, 0.29) is 6.61 Å². The van der Waals surface area contributed by atoms with E-state index in [0.717, 1.165) is 17.6 Å². The van der Waals surface area contributed by atoms with Gasteiger partial charge in [0.25, 0.3) is 0 Å². The summed E-state index contributed by atoms with van der Waals surface area (Å²) in [5.74, 6) is 0.328. The second kappa shape index (κ2) is 10.4. The van der Waals surface area contributed by atoms with Crippen molar-refractivity contribution < 1.29 is 19.0 Å². The first kappa shape index (κ1) is 19.8. The van der Waals surface area contributed by atoms with Crippen molar-refractivity contribution in [2.45, 2.75) is 52.4 Å². The van der Waals surface area contributed by atoms with Gasteiger partial charge in [0.2, 0.25) is 11.2 Å². The Bertz CT molecular complexity index is 755. The highest BCUT2D eigenvalue weighted by molar-refractivity contribution is 5.85. The van der Waals surface area contributed by atoms with Crippen LogP contribution < -0.4 is 9.47 Å². The Kier molecular flexibility index (Phi) is 7.93. The van der Waals surface area contributed by atoms with Gasteiger partial charge in [0.1, 0.15) is 0 Å². The second-order valence-electron chi connectivity index (χ2n) is 6.14. The molecule has 0 atom stereocenters. The second-order valence-corrected chi connectivity index (χ2v) is 6.14.